The van der Waals surface area contributed by atoms with Gasteiger partial charge in [-0.05, 0) is 37.9 Å². The summed E-state index contributed by atoms with van der Waals surface area (Å²) in [5, 5.41) is 24.5. The number of aliphatic carboxylic acids is 3. The topological polar surface area (TPSA) is 161 Å². The van der Waals surface area contributed by atoms with E-state index in [0.717, 1.165) is 49.7 Å². The maximum Gasteiger partial charge on any atom is 0.490 e. The predicted octanol–water partition coefficient (Wildman–Crippen LogP) is 4.37. The minimum absolute atomic E-state index is 0.173. The maximum absolute atomic E-state index is 13.0. The summed E-state index contributed by atoms with van der Waals surface area (Å²) in [6, 6.07) is 4.07. The number of carbonyl (C=O) groups excluding carboxylic acids is 1. The van der Waals surface area contributed by atoms with Crippen molar-refractivity contribution in [3.8, 4) is 0 Å². The van der Waals surface area contributed by atoms with E-state index in [-0.39, 0.29) is 5.41 Å². The Balaban J connectivity index is 0.000000396. The first-order chi connectivity index (χ1) is 20.5. The Kier molecular flexibility index (Phi) is 13.7. The van der Waals surface area contributed by atoms with Crippen LogP contribution < -0.4 is 0 Å². The molecule has 2 fully saturated rings. The molecule has 0 saturated carbocycles. The van der Waals surface area contributed by atoms with Gasteiger partial charge in [0.05, 0.1) is 22.7 Å². The number of carboxylic acids is 3. The van der Waals surface area contributed by atoms with Crippen LogP contribution in [0, 0.1) is 12.3 Å². The van der Waals surface area contributed by atoms with Crippen molar-refractivity contribution >= 4 is 35.2 Å². The highest BCUT2D eigenvalue weighted by Gasteiger charge is 2.50. The van der Waals surface area contributed by atoms with Crippen LogP contribution in [0.2, 0.25) is 0 Å². The van der Waals surface area contributed by atoms with Gasteiger partial charge in [0.2, 0.25) is 5.91 Å². The number of likely N-dealkylation sites (tertiary alicyclic amines) is 2. The van der Waals surface area contributed by atoms with Crippen molar-refractivity contribution in [1.82, 2.24) is 19.8 Å². The number of carbonyl (C=O) groups is 4. The van der Waals surface area contributed by atoms with Crippen LogP contribution in [0.5, 0.6) is 0 Å². The molecule has 252 valence electrons. The van der Waals surface area contributed by atoms with Gasteiger partial charge in [-0.25, -0.2) is 19.4 Å². The van der Waals surface area contributed by atoms with E-state index in [0.29, 0.717) is 12.5 Å². The number of aromatic nitrogens is 2. The number of hydrogen-bond acceptors (Lipinski definition) is 8. The molecule has 11 nitrogen and oxygen atoms in total. The van der Waals surface area contributed by atoms with Gasteiger partial charge in [0.25, 0.3) is 0 Å². The van der Waals surface area contributed by atoms with Crippen molar-refractivity contribution in [1.29, 1.82) is 0 Å². The van der Waals surface area contributed by atoms with Crippen LogP contribution in [0.3, 0.4) is 0 Å². The van der Waals surface area contributed by atoms with E-state index in [1.165, 1.54) is 5.56 Å². The molecule has 2 aliphatic heterocycles. The smallest absolute Gasteiger partial charge is 0.475 e. The van der Waals surface area contributed by atoms with E-state index in [9.17, 15) is 44.3 Å². The third kappa shape index (κ3) is 13.3. The number of carboxylic acid groups (broad SMARTS) is 3. The quantitative estimate of drug-likeness (QED) is 0.395. The fourth-order valence-electron chi connectivity index (χ4n) is 3.94. The van der Waals surface area contributed by atoms with Gasteiger partial charge >= 0.3 is 36.4 Å². The molecule has 2 saturated heterocycles. The van der Waals surface area contributed by atoms with Crippen molar-refractivity contribution in [3.63, 3.8) is 0 Å². The Morgan fingerprint density at radius 2 is 1.38 bits per heavy atom. The van der Waals surface area contributed by atoms with Gasteiger partial charge in [-0.15, -0.1) is 11.3 Å². The van der Waals surface area contributed by atoms with Gasteiger partial charge < -0.3 is 20.2 Å². The van der Waals surface area contributed by atoms with Crippen molar-refractivity contribution in [3.05, 3.63) is 46.2 Å². The molecule has 4 heterocycles. The molecule has 0 aromatic carbocycles. The van der Waals surface area contributed by atoms with Crippen LogP contribution in [0.25, 0.3) is 0 Å². The second-order valence-corrected chi connectivity index (χ2v) is 10.4. The van der Waals surface area contributed by atoms with Gasteiger partial charge in [0, 0.05) is 37.4 Å². The fraction of sp³-hybridized carbons (Fsp3) is 0.500. The van der Waals surface area contributed by atoms with Crippen LogP contribution in [-0.4, -0.2) is 97.1 Å². The molecule has 1 spiro atoms. The number of pyridine rings is 1. The fourth-order valence-corrected chi connectivity index (χ4v) is 4.55. The molecular formula is C24H25F9N4O7S. The van der Waals surface area contributed by atoms with E-state index in [2.05, 4.69) is 26.3 Å². The lowest BCUT2D eigenvalue weighted by Gasteiger charge is -2.23. The second kappa shape index (κ2) is 15.8. The summed E-state index contributed by atoms with van der Waals surface area (Å²) < 4.78 is 95.2. The number of alkyl halides is 9. The van der Waals surface area contributed by atoms with Crippen LogP contribution in [-0.2, 0) is 32.3 Å². The summed E-state index contributed by atoms with van der Waals surface area (Å²) in [4.78, 5) is 52.8. The van der Waals surface area contributed by atoms with Crippen molar-refractivity contribution < 1.29 is 74.0 Å². The first-order valence-electron chi connectivity index (χ1n) is 12.2. The standard InChI is InChI=1S/C18H22N4OS.3C2HF3O2/c1-14-20-16(12-24-14)11-22-8-5-18(17(22)23)4-7-21(13-18)10-15-3-2-6-19-9-15;3*3-2(4,5)1(6)7/h2-3,6,9,12H,4-5,7-8,10-11,13H2,1H3;3*(H,6,7). The zero-order valence-corrected chi connectivity index (χ0v) is 23.7. The first kappa shape index (κ1) is 39.0. The minimum atomic E-state index is -5.08. The molecule has 2 aliphatic rings. The predicted molar refractivity (Wildman–Crippen MR) is 135 cm³/mol. The zero-order chi connectivity index (χ0) is 34.8. The third-order valence-corrected chi connectivity index (χ3v) is 6.73. The number of hydrogen-bond donors (Lipinski definition) is 3. The Bertz CT molecular complexity index is 1250. The molecule has 1 atom stereocenters. The van der Waals surface area contributed by atoms with Crippen molar-refractivity contribution in [2.24, 2.45) is 5.41 Å². The Morgan fingerprint density at radius 3 is 1.78 bits per heavy atom. The third-order valence-electron chi connectivity index (χ3n) is 5.91. The molecule has 0 radical (unpaired) electrons. The highest BCUT2D eigenvalue weighted by molar-refractivity contribution is 7.09. The first-order valence-corrected chi connectivity index (χ1v) is 13.1. The van der Waals surface area contributed by atoms with Crippen LogP contribution in [0.1, 0.15) is 29.1 Å². The average Bonchev–Trinajstić information content (AvgIpc) is 3.60. The van der Waals surface area contributed by atoms with Crippen LogP contribution in [0.4, 0.5) is 39.5 Å². The lowest BCUT2D eigenvalue weighted by molar-refractivity contribution is -0.193. The lowest BCUT2D eigenvalue weighted by Crippen LogP contribution is -2.36. The second-order valence-electron chi connectivity index (χ2n) is 9.35. The van der Waals surface area contributed by atoms with Crippen molar-refractivity contribution in [2.75, 3.05) is 19.6 Å². The number of amides is 1. The maximum atomic E-state index is 13.0. The van der Waals surface area contributed by atoms with E-state index < -0.39 is 36.4 Å². The molecule has 45 heavy (non-hydrogen) atoms. The van der Waals surface area contributed by atoms with Gasteiger partial charge in [-0.2, -0.15) is 39.5 Å². The zero-order valence-electron chi connectivity index (χ0n) is 22.9. The monoisotopic (exact) mass is 684 g/mol. The SMILES string of the molecule is Cc1nc(CN2CCC3(CCN(Cc4cccnc4)C3)C2=O)cs1.O=C(O)C(F)(F)F.O=C(O)C(F)(F)F.O=C(O)C(F)(F)F. The molecule has 3 N–H and O–H groups in total. The number of rotatable bonds is 4. The van der Waals surface area contributed by atoms with Gasteiger partial charge in [-0.1, -0.05) is 6.07 Å². The lowest BCUT2D eigenvalue weighted by atomic mass is 9.85. The number of aryl methyl sites for hydroxylation is 1. The van der Waals surface area contributed by atoms with Gasteiger partial charge in [-0.3, -0.25) is 14.7 Å². The summed E-state index contributed by atoms with van der Waals surface area (Å²) in [6.45, 7) is 6.27. The Labute approximate surface area is 251 Å². The highest BCUT2D eigenvalue weighted by atomic mass is 32.1. The molecule has 1 unspecified atom stereocenters. The molecular weight excluding hydrogens is 659 g/mol. The van der Waals surface area contributed by atoms with Crippen LogP contribution in [0.15, 0.2) is 29.9 Å². The van der Waals surface area contributed by atoms with Crippen LogP contribution >= 0.6 is 11.3 Å². The average molecular weight is 685 g/mol. The summed E-state index contributed by atoms with van der Waals surface area (Å²) >= 11 is 1.65. The summed E-state index contributed by atoms with van der Waals surface area (Å²) in [6.07, 6.45) is -9.59. The molecule has 21 heteroatoms. The molecule has 2 aromatic heterocycles. The number of thiazole rings is 1. The van der Waals surface area contributed by atoms with Gasteiger partial charge in [0.1, 0.15) is 0 Å². The summed E-state index contributed by atoms with van der Waals surface area (Å²) in [5.74, 6) is -7.95. The Hall–Kier alpha value is -4.01. The summed E-state index contributed by atoms with van der Waals surface area (Å²) in [7, 11) is 0. The molecule has 2 aromatic rings. The van der Waals surface area contributed by atoms with E-state index in [4.69, 9.17) is 29.7 Å². The highest BCUT2D eigenvalue weighted by Crippen LogP contribution is 2.41. The normalized spacial score (nSPS) is 18.3. The molecule has 1 amide bonds. The van der Waals surface area contributed by atoms with E-state index >= 15 is 0 Å². The number of halogens is 9. The molecule has 4 rings (SSSR count). The summed E-state index contributed by atoms with van der Waals surface area (Å²) in [5.41, 5.74) is 2.07. The number of nitrogens with zero attached hydrogens (tertiary/aromatic N) is 4. The van der Waals surface area contributed by atoms with Crippen molar-refractivity contribution in [2.45, 2.75) is 51.4 Å². The van der Waals surface area contributed by atoms with E-state index in [1.807, 2.05) is 24.1 Å². The largest absolute Gasteiger partial charge is 0.490 e. The van der Waals surface area contributed by atoms with E-state index in [1.54, 1.807) is 17.5 Å². The Morgan fingerprint density at radius 1 is 0.889 bits per heavy atom. The van der Waals surface area contributed by atoms with Gasteiger partial charge in [0.15, 0.2) is 0 Å². The molecule has 0 bridgehead atoms. The minimum Gasteiger partial charge on any atom is -0.475 e. The molecule has 0 aliphatic carbocycles.